The van der Waals surface area contributed by atoms with Gasteiger partial charge in [0.25, 0.3) is 0 Å². The van der Waals surface area contributed by atoms with Crippen molar-refractivity contribution in [3.05, 3.63) is 155 Å². The van der Waals surface area contributed by atoms with Gasteiger partial charge in [0, 0.05) is 11.3 Å². The molecule has 444 valence electrons. The van der Waals surface area contributed by atoms with Gasteiger partial charge in [0.05, 0.1) is 13.2 Å². The average molecular weight is 1160 g/mol. The quantitative estimate of drug-likeness (QED) is 0.0300. The van der Waals surface area contributed by atoms with Gasteiger partial charge < -0.3 is 18.1 Å². The molecule has 0 radical (unpaired) electrons. The smallest absolute Gasteiger partial charge is 0.426 e. The molecule has 1 aliphatic rings. The SMILES string of the molecule is C#C/C=C(\C=C/COP(Oc1ccc(C(C)(C)CC(C)(C)C)cc1S)Oc1ccccc1Cc1ccccc1OP(OCC/C=C\C(=C/C#C)C(C)(C)CC(C)(C)C)OC1C=CC(C(C)(C)CC(C)(C)C)=C1)C(C)(C)C.CC(C)(C)C. The van der Waals surface area contributed by atoms with Crippen LogP contribution in [-0.4, -0.2) is 19.3 Å². The summed E-state index contributed by atoms with van der Waals surface area (Å²) in [6.07, 6.45) is 33.7. The Labute approximate surface area is 502 Å². The average Bonchev–Trinajstić information content (AvgIpc) is 3.78. The van der Waals surface area contributed by atoms with Crippen LogP contribution in [0.15, 0.2) is 143 Å². The Bertz CT molecular complexity index is 2750. The molecule has 6 nitrogen and oxygen atoms in total. The second kappa shape index (κ2) is 30.5. The molecule has 3 atom stereocenters. The zero-order valence-electron chi connectivity index (χ0n) is 54.0. The molecule has 81 heavy (non-hydrogen) atoms. The van der Waals surface area contributed by atoms with Crippen molar-refractivity contribution in [3.8, 4) is 41.9 Å². The summed E-state index contributed by atoms with van der Waals surface area (Å²) in [5.41, 5.74) is 7.00. The maximum atomic E-state index is 6.83. The van der Waals surface area contributed by atoms with E-state index in [0.29, 0.717) is 47.0 Å². The van der Waals surface area contributed by atoms with E-state index >= 15 is 0 Å². The topological polar surface area (TPSA) is 55.4 Å². The molecule has 4 rings (SSSR count). The molecule has 0 aromatic heterocycles. The van der Waals surface area contributed by atoms with E-state index < -0.39 is 17.2 Å². The third-order valence-corrected chi connectivity index (χ3v) is 15.3. The van der Waals surface area contributed by atoms with Crippen LogP contribution in [0.5, 0.6) is 17.2 Å². The van der Waals surface area contributed by atoms with Crippen LogP contribution in [0.3, 0.4) is 0 Å². The van der Waals surface area contributed by atoms with Crippen molar-refractivity contribution in [3.63, 3.8) is 0 Å². The third-order valence-electron chi connectivity index (χ3n) is 12.8. The highest BCUT2D eigenvalue weighted by molar-refractivity contribution is 7.80. The Kier molecular flexibility index (Phi) is 26.7. The molecule has 0 bridgehead atoms. The lowest BCUT2D eigenvalue weighted by Gasteiger charge is -2.33. The molecular formula is C72H104O6P2S. The lowest BCUT2D eigenvalue weighted by Crippen LogP contribution is -2.24. The second-order valence-electron chi connectivity index (χ2n) is 29.7. The summed E-state index contributed by atoms with van der Waals surface area (Å²) in [5, 5.41) is 0. The second-order valence-corrected chi connectivity index (χ2v) is 32.4. The highest BCUT2D eigenvalue weighted by Crippen LogP contribution is 2.49. The van der Waals surface area contributed by atoms with E-state index in [1.807, 2.05) is 60.7 Å². The Morgan fingerprint density at radius 2 is 1.07 bits per heavy atom. The summed E-state index contributed by atoms with van der Waals surface area (Å²) >= 11 is 4.95. The Morgan fingerprint density at radius 3 is 1.59 bits per heavy atom. The van der Waals surface area contributed by atoms with E-state index in [-0.39, 0.29) is 50.6 Å². The number of allylic oxidation sites excluding steroid dienone is 8. The highest BCUT2D eigenvalue weighted by atomic mass is 32.1. The van der Waals surface area contributed by atoms with Crippen LogP contribution in [0.25, 0.3) is 0 Å². The fourth-order valence-electron chi connectivity index (χ4n) is 10.3. The van der Waals surface area contributed by atoms with Gasteiger partial charge in [-0.15, -0.1) is 25.5 Å². The number of para-hydroxylation sites is 2. The van der Waals surface area contributed by atoms with Crippen LogP contribution in [0.1, 0.15) is 195 Å². The minimum atomic E-state index is -1.99. The summed E-state index contributed by atoms with van der Waals surface area (Å²) in [5.74, 6) is 7.29. The molecule has 0 saturated carbocycles. The standard InChI is InChI=1S/C67H92O6P2S.C5H12/c1-21-30-52(64(12,13)14)35-29-43-69-75(73-59-41-39-55(46-60(59)76)67(19,20)49-63(9,10)11)72-58-37-26-24-33-51(58)44-50-32-23-25-36-57(50)71-74(70-56-40-38-54(45-56)66(17,18)48-62(6,7)8)68-42-28-27-34-53(31-22-2)65(15,16)47-61(3,4)5;1-5(2,3)4/h1-2,23-27,29-41,45-46,56,76H,28,42-44,47-49H2,3-20H3;1-4H3/b34-27-,35-29-,52-30+,53-31+;. The Balaban J connectivity index is 0.00000329. The minimum Gasteiger partial charge on any atom is -0.426 e. The van der Waals surface area contributed by atoms with Gasteiger partial charge in [-0.2, -0.15) is 0 Å². The number of rotatable bonds is 25. The first-order chi connectivity index (χ1) is 37.2. The van der Waals surface area contributed by atoms with Crippen molar-refractivity contribution in [2.75, 3.05) is 13.2 Å². The molecule has 0 heterocycles. The van der Waals surface area contributed by atoms with E-state index in [1.54, 1.807) is 6.08 Å². The fraction of sp³-hybridized carbons (Fsp3) is 0.528. The molecule has 3 unspecified atom stereocenters. The lowest BCUT2D eigenvalue weighted by molar-refractivity contribution is 0.196. The van der Waals surface area contributed by atoms with Crippen molar-refractivity contribution in [1.29, 1.82) is 0 Å². The molecule has 3 aromatic rings. The van der Waals surface area contributed by atoms with Gasteiger partial charge in [-0.1, -0.05) is 243 Å². The predicted molar refractivity (Wildman–Crippen MR) is 353 cm³/mol. The van der Waals surface area contributed by atoms with Crippen molar-refractivity contribution in [2.24, 2.45) is 37.9 Å². The molecule has 3 aromatic carbocycles. The first-order valence-corrected chi connectivity index (χ1v) is 31.5. The highest BCUT2D eigenvalue weighted by Gasteiger charge is 2.33. The molecule has 0 spiro atoms. The molecule has 0 saturated heterocycles. The van der Waals surface area contributed by atoms with Crippen molar-refractivity contribution in [1.82, 2.24) is 0 Å². The molecule has 0 N–H and O–H groups in total. The first kappa shape index (κ1) is 71.0. The van der Waals surface area contributed by atoms with E-state index in [9.17, 15) is 0 Å². The number of thiol groups is 1. The number of hydrogen-bond donors (Lipinski definition) is 1. The van der Waals surface area contributed by atoms with Gasteiger partial charge in [-0.25, -0.2) is 0 Å². The largest absolute Gasteiger partial charge is 0.463 e. The van der Waals surface area contributed by atoms with Gasteiger partial charge in [0.2, 0.25) is 0 Å². The molecule has 1 aliphatic carbocycles. The normalized spacial score (nSPS) is 15.9. The first-order valence-electron chi connectivity index (χ1n) is 28.8. The van der Waals surface area contributed by atoms with Crippen LogP contribution < -0.4 is 13.6 Å². The summed E-state index contributed by atoms with van der Waals surface area (Å²) in [4.78, 5) is 0.706. The van der Waals surface area contributed by atoms with Crippen molar-refractivity contribution in [2.45, 2.75) is 201 Å². The van der Waals surface area contributed by atoms with Gasteiger partial charge in [-0.05, 0) is 145 Å². The Hall–Kier alpha value is -4.29. The molecular weight excluding hydrogens is 1050 g/mol. The molecule has 9 heteroatoms. The molecule has 0 aliphatic heterocycles. The van der Waals surface area contributed by atoms with Crippen LogP contribution in [0.2, 0.25) is 0 Å². The lowest BCUT2D eigenvalue weighted by atomic mass is 9.71. The van der Waals surface area contributed by atoms with Crippen LogP contribution >= 0.6 is 29.8 Å². The minimum absolute atomic E-state index is 0.0419. The van der Waals surface area contributed by atoms with Gasteiger partial charge in [0.1, 0.15) is 23.4 Å². The Morgan fingerprint density at radius 1 is 0.580 bits per heavy atom. The van der Waals surface area contributed by atoms with E-state index in [4.69, 9.17) is 52.6 Å². The maximum Gasteiger partial charge on any atom is 0.463 e. The van der Waals surface area contributed by atoms with Gasteiger partial charge in [0.15, 0.2) is 0 Å². The maximum absolute atomic E-state index is 6.83. The molecule has 0 amide bonds. The summed E-state index contributed by atoms with van der Waals surface area (Å²) < 4.78 is 40.0. The van der Waals surface area contributed by atoms with Crippen molar-refractivity contribution >= 4 is 29.8 Å². The van der Waals surface area contributed by atoms with Crippen LogP contribution in [0.4, 0.5) is 0 Å². The fourth-order valence-corrected chi connectivity index (χ4v) is 12.7. The zero-order chi connectivity index (χ0) is 61.3. The number of terminal acetylenes is 2. The summed E-state index contributed by atoms with van der Waals surface area (Å²) in [6, 6.07) is 22.2. The predicted octanol–water partition coefficient (Wildman–Crippen LogP) is 22.1. The third kappa shape index (κ3) is 27.3. The monoisotopic (exact) mass is 1160 g/mol. The summed E-state index contributed by atoms with van der Waals surface area (Å²) in [7, 11) is -3.85. The van der Waals surface area contributed by atoms with Crippen LogP contribution in [0, 0.1) is 62.6 Å². The van der Waals surface area contributed by atoms with E-state index in [0.717, 1.165) is 41.5 Å². The van der Waals surface area contributed by atoms with E-state index in [1.165, 1.54) is 11.1 Å². The number of hydrogen-bond acceptors (Lipinski definition) is 7. The van der Waals surface area contributed by atoms with Crippen molar-refractivity contribution < 1.29 is 27.1 Å². The van der Waals surface area contributed by atoms with Crippen LogP contribution in [-0.2, 0) is 25.4 Å². The van der Waals surface area contributed by atoms with Gasteiger partial charge >= 0.3 is 17.2 Å². The zero-order valence-corrected chi connectivity index (χ0v) is 56.7. The summed E-state index contributed by atoms with van der Waals surface area (Å²) in [6.45, 7) is 49.8. The number of benzene rings is 3. The molecule has 0 fully saturated rings. The van der Waals surface area contributed by atoms with E-state index in [2.05, 4.69) is 219 Å². The van der Waals surface area contributed by atoms with Gasteiger partial charge in [-0.3, -0.25) is 9.05 Å².